The largest absolute Gasteiger partial charge is 0.496 e. The Labute approximate surface area is 123 Å². The second kappa shape index (κ2) is 5.81. The molecule has 2 heterocycles. The molecule has 0 aliphatic carbocycles. The number of carboxylic acids is 1. The van der Waals surface area contributed by atoms with E-state index in [1.807, 2.05) is 17.0 Å². The normalized spacial score (nSPS) is 21.3. The maximum atomic E-state index is 11.1. The highest BCUT2D eigenvalue weighted by molar-refractivity contribution is 5.74. The van der Waals surface area contributed by atoms with Gasteiger partial charge in [-0.15, -0.1) is 0 Å². The van der Waals surface area contributed by atoms with Crippen molar-refractivity contribution in [1.29, 1.82) is 0 Å². The van der Waals surface area contributed by atoms with Crippen LogP contribution in [0.5, 0.6) is 17.2 Å². The summed E-state index contributed by atoms with van der Waals surface area (Å²) in [5.41, 5.74) is 0.924. The van der Waals surface area contributed by atoms with Gasteiger partial charge in [0.2, 0.25) is 0 Å². The van der Waals surface area contributed by atoms with Crippen LogP contribution in [0.15, 0.2) is 12.1 Å². The van der Waals surface area contributed by atoms with E-state index in [4.69, 9.17) is 19.3 Å². The summed E-state index contributed by atoms with van der Waals surface area (Å²) in [6.45, 7) is 2.58. The minimum absolute atomic E-state index is 0.398. The molecule has 0 radical (unpaired) electrons. The Morgan fingerprint density at radius 1 is 1.38 bits per heavy atom. The van der Waals surface area contributed by atoms with Crippen molar-refractivity contribution in [2.24, 2.45) is 0 Å². The number of aliphatic carboxylic acids is 1. The lowest BCUT2D eigenvalue weighted by molar-refractivity contribution is -0.148. The summed E-state index contributed by atoms with van der Waals surface area (Å²) < 4.78 is 16.7. The molecule has 0 spiro atoms. The predicted molar refractivity (Wildman–Crippen MR) is 75.1 cm³/mol. The summed E-state index contributed by atoms with van der Waals surface area (Å²) in [7, 11) is 1.60. The van der Waals surface area contributed by atoms with Crippen LogP contribution in [0, 0.1) is 0 Å². The third-order valence-electron chi connectivity index (χ3n) is 3.94. The lowest BCUT2D eigenvalue weighted by Gasteiger charge is -2.38. The lowest BCUT2D eigenvalue weighted by Crippen LogP contribution is -2.51. The minimum Gasteiger partial charge on any atom is -0.496 e. The molecule has 1 aromatic rings. The number of carboxylic acid groups (broad SMARTS) is 1. The first-order valence-corrected chi connectivity index (χ1v) is 7.12. The second-order valence-electron chi connectivity index (χ2n) is 5.27. The molecule has 6 heteroatoms. The zero-order chi connectivity index (χ0) is 14.8. The standard InChI is InChI=1S/C15H19NO5/c1-19-12-8-14-13(20-5-2-6-21-14)7-10(12)9-16-4-3-11(16)15(17)18/h7-8,11H,2-6,9H2,1H3,(H,17,18)/t11-/m1/s1. The fraction of sp³-hybridized carbons (Fsp3) is 0.533. The maximum Gasteiger partial charge on any atom is 0.320 e. The Morgan fingerprint density at radius 3 is 2.67 bits per heavy atom. The van der Waals surface area contributed by atoms with Crippen LogP contribution in [0.2, 0.25) is 0 Å². The van der Waals surface area contributed by atoms with Gasteiger partial charge >= 0.3 is 5.97 Å². The van der Waals surface area contributed by atoms with Crippen LogP contribution in [-0.2, 0) is 11.3 Å². The molecule has 0 saturated carbocycles. The highest BCUT2D eigenvalue weighted by atomic mass is 16.5. The van der Waals surface area contributed by atoms with Gasteiger partial charge in [0.25, 0.3) is 0 Å². The van der Waals surface area contributed by atoms with Crippen LogP contribution in [0.25, 0.3) is 0 Å². The highest BCUT2D eigenvalue weighted by Crippen LogP contribution is 2.37. The van der Waals surface area contributed by atoms with Crippen molar-refractivity contribution in [2.75, 3.05) is 26.9 Å². The van der Waals surface area contributed by atoms with Crippen LogP contribution in [0.1, 0.15) is 18.4 Å². The number of likely N-dealkylation sites (tertiary alicyclic amines) is 1. The fourth-order valence-corrected chi connectivity index (χ4v) is 2.67. The summed E-state index contributed by atoms with van der Waals surface area (Å²) in [6.07, 6.45) is 1.54. The summed E-state index contributed by atoms with van der Waals surface area (Å²) in [5, 5.41) is 9.12. The smallest absolute Gasteiger partial charge is 0.320 e. The van der Waals surface area contributed by atoms with Crippen LogP contribution in [0.3, 0.4) is 0 Å². The number of carbonyl (C=O) groups is 1. The second-order valence-corrected chi connectivity index (χ2v) is 5.27. The molecule has 0 amide bonds. The third-order valence-corrected chi connectivity index (χ3v) is 3.94. The molecule has 21 heavy (non-hydrogen) atoms. The van der Waals surface area contributed by atoms with Crippen molar-refractivity contribution in [3.8, 4) is 17.2 Å². The molecule has 2 aliphatic heterocycles. The van der Waals surface area contributed by atoms with Gasteiger partial charge in [0, 0.05) is 31.1 Å². The molecule has 1 fully saturated rings. The first kappa shape index (κ1) is 14.0. The predicted octanol–water partition coefficient (Wildman–Crippen LogP) is 1.52. The molecule has 1 atom stereocenters. The molecule has 3 rings (SSSR count). The Bertz CT molecular complexity index is 545. The van der Waals surface area contributed by atoms with Gasteiger partial charge in [-0.25, -0.2) is 0 Å². The maximum absolute atomic E-state index is 11.1. The van der Waals surface area contributed by atoms with E-state index >= 15 is 0 Å². The lowest BCUT2D eigenvalue weighted by atomic mass is 10.0. The van der Waals surface area contributed by atoms with E-state index in [1.165, 1.54) is 0 Å². The first-order valence-electron chi connectivity index (χ1n) is 7.12. The Kier molecular flexibility index (Phi) is 3.88. The van der Waals surface area contributed by atoms with Gasteiger partial charge in [0.15, 0.2) is 11.5 Å². The van der Waals surface area contributed by atoms with Crippen molar-refractivity contribution >= 4 is 5.97 Å². The van der Waals surface area contributed by atoms with Crippen LogP contribution in [-0.4, -0.2) is 48.9 Å². The van der Waals surface area contributed by atoms with Crippen molar-refractivity contribution in [3.63, 3.8) is 0 Å². The van der Waals surface area contributed by atoms with Gasteiger partial charge < -0.3 is 19.3 Å². The third kappa shape index (κ3) is 2.76. The average Bonchev–Trinajstić information content (AvgIpc) is 2.66. The number of fused-ring (bicyclic) bond motifs is 1. The number of rotatable bonds is 4. The molecule has 6 nitrogen and oxygen atoms in total. The van der Waals surface area contributed by atoms with Crippen molar-refractivity contribution < 1.29 is 24.1 Å². The van der Waals surface area contributed by atoms with Gasteiger partial charge in [-0.3, -0.25) is 9.69 Å². The van der Waals surface area contributed by atoms with E-state index in [9.17, 15) is 4.79 Å². The van der Waals surface area contributed by atoms with E-state index < -0.39 is 12.0 Å². The number of ether oxygens (including phenoxy) is 3. The quantitative estimate of drug-likeness (QED) is 0.907. The van der Waals surface area contributed by atoms with Gasteiger partial charge in [0.05, 0.1) is 20.3 Å². The minimum atomic E-state index is -0.769. The van der Waals surface area contributed by atoms with Gasteiger partial charge in [-0.2, -0.15) is 0 Å². The average molecular weight is 293 g/mol. The molecule has 0 unspecified atom stereocenters. The summed E-state index contributed by atoms with van der Waals surface area (Å²) in [6, 6.07) is 3.33. The molecular formula is C15H19NO5. The highest BCUT2D eigenvalue weighted by Gasteiger charge is 2.34. The topological polar surface area (TPSA) is 68.2 Å². The number of nitrogens with zero attached hydrogens (tertiary/aromatic N) is 1. The Hall–Kier alpha value is -1.95. The molecule has 1 aromatic carbocycles. The molecule has 0 bridgehead atoms. The monoisotopic (exact) mass is 293 g/mol. The molecule has 114 valence electrons. The number of methoxy groups -OCH3 is 1. The van der Waals surface area contributed by atoms with Gasteiger partial charge in [0.1, 0.15) is 11.8 Å². The molecule has 2 aliphatic rings. The fourth-order valence-electron chi connectivity index (χ4n) is 2.67. The number of hydrogen-bond acceptors (Lipinski definition) is 5. The van der Waals surface area contributed by atoms with Crippen molar-refractivity contribution in [1.82, 2.24) is 4.90 Å². The summed E-state index contributed by atoms with van der Waals surface area (Å²) in [5.74, 6) is 1.33. The SMILES string of the molecule is COc1cc2c(cc1CN1CC[C@@H]1C(=O)O)OCCCO2. The van der Waals surface area contributed by atoms with E-state index in [0.717, 1.165) is 18.5 Å². The number of hydrogen-bond donors (Lipinski definition) is 1. The first-order chi connectivity index (χ1) is 10.2. The molecular weight excluding hydrogens is 274 g/mol. The zero-order valence-corrected chi connectivity index (χ0v) is 12.0. The molecule has 0 aromatic heterocycles. The van der Waals surface area contributed by atoms with E-state index in [1.54, 1.807) is 7.11 Å². The van der Waals surface area contributed by atoms with E-state index in [2.05, 4.69) is 0 Å². The molecule has 1 N–H and O–H groups in total. The Balaban J connectivity index is 1.84. The molecule has 1 saturated heterocycles. The van der Waals surface area contributed by atoms with Crippen LogP contribution in [0.4, 0.5) is 0 Å². The van der Waals surface area contributed by atoms with Crippen molar-refractivity contribution in [2.45, 2.75) is 25.4 Å². The van der Waals surface area contributed by atoms with E-state index in [-0.39, 0.29) is 0 Å². The Morgan fingerprint density at radius 2 is 2.10 bits per heavy atom. The van der Waals surface area contributed by atoms with E-state index in [0.29, 0.717) is 43.4 Å². The zero-order valence-electron chi connectivity index (χ0n) is 12.0. The van der Waals surface area contributed by atoms with Crippen LogP contribution >= 0.6 is 0 Å². The van der Waals surface area contributed by atoms with Gasteiger partial charge in [-0.1, -0.05) is 0 Å². The summed E-state index contributed by atoms with van der Waals surface area (Å²) in [4.78, 5) is 13.0. The van der Waals surface area contributed by atoms with Gasteiger partial charge in [-0.05, 0) is 12.5 Å². The van der Waals surface area contributed by atoms with Crippen molar-refractivity contribution in [3.05, 3.63) is 17.7 Å². The number of benzene rings is 1. The summed E-state index contributed by atoms with van der Waals surface area (Å²) >= 11 is 0. The van der Waals surface area contributed by atoms with Crippen LogP contribution < -0.4 is 14.2 Å².